The molecule has 2 unspecified atom stereocenters. The summed E-state index contributed by atoms with van der Waals surface area (Å²) in [5, 5.41) is 41.1. The number of aliphatic hydroxyl groups is 4. The number of benzene rings is 1. The van der Waals surface area contributed by atoms with E-state index < -0.39 is 37.3 Å². The van der Waals surface area contributed by atoms with E-state index in [0.717, 1.165) is 0 Å². The SMILES string of the molecule is O=C(CNCCO[C@@H]1OC(CO)[C@@H](O)[C@H](O)C1O)c1ccccc1. The molecule has 0 aromatic heterocycles. The zero-order valence-corrected chi connectivity index (χ0v) is 13.1. The summed E-state index contributed by atoms with van der Waals surface area (Å²) >= 11 is 0. The minimum atomic E-state index is -1.46. The fraction of sp³-hybridized carbons (Fsp3) is 0.562. The maximum atomic E-state index is 11.9. The number of ether oxygens (including phenoxy) is 2. The molecule has 0 spiro atoms. The van der Waals surface area contributed by atoms with Gasteiger partial charge < -0.3 is 35.2 Å². The minimum absolute atomic E-state index is 0.0524. The molecule has 24 heavy (non-hydrogen) atoms. The quantitative estimate of drug-likeness (QED) is 0.279. The van der Waals surface area contributed by atoms with Crippen LogP contribution in [0.5, 0.6) is 0 Å². The van der Waals surface area contributed by atoms with Crippen LogP contribution in [-0.4, -0.2) is 83.2 Å². The van der Waals surface area contributed by atoms with E-state index in [1.165, 1.54) is 0 Å². The standard InChI is InChI=1S/C16H23NO7/c18-9-12-13(20)14(21)15(22)16(24-12)23-7-6-17-8-11(19)10-4-2-1-3-5-10/h1-5,12-18,20-22H,6-9H2/t12?,13-,14+,15?,16-/m1/s1. The van der Waals surface area contributed by atoms with Gasteiger partial charge in [0.05, 0.1) is 19.8 Å². The maximum Gasteiger partial charge on any atom is 0.186 e. The molecule has 8 heteroatoms. The Morgan fingerprint density at radius 1 is 1.12 bits per heavy atom. The van der Waals surface area contributed by atoms with Crippen LogP contribution >= 0.6 is 0 Å². The Labute approximate surface area is 139 Å². The second-order valence-corrected chi connectivity index (χ2v) is 5.53. The van der Waals surface area contributed by atoms with Crippen LogP contribution in [0, 0.1) is 0 Å². The number of carbonyl (C=O) groups excluding carboxylic acids is 1. The van der Waals surface area contributed by atoms with Crippen LogP contribution in [0.1, 0.15) is 10.4 Å². The first-order valence-electron chi connectivity index (χ1n) is 7.75. The molecule has 1 saturated heterocycles. The Morgan fingerprint density at radius 2 is 1.83 bits per heavy atom. The highest BCUT2D eigenvalue weighted by Gasteiger charge is 2.43. The van der Waals surface area contributed by atoms with Crippen molar-refractivity contribution in [1.29, 1.82) is 0 Å². The number of carbonyl (C=O) groups is 1. The zero-order chi connectivity index (χ0) is 17.5. The van der Waals surface area contributed by atoms with E-state index in [1.807, 2.05) is 6.07 Å². The molecule has 1 heterocycles. The van der Waals surface area contributed by atoms with Crippen molar-refractivity contribution in [2.45, 2.75) is 30.7 Å². The smallest absolute Gasteiger partial charge is 0.186 e. The molecule has 1 aliphatic rings. The average Bonchev–Trinajstić information content (AvgIpc) is 2.61. The lowest BCUT2D eigenvalue weighted by atomic mass is 9.99. The molecule has 1 aromatic rings. The minimum Gasteiger partial charge on any atom is -0.394 e. The van der Waals surface area contributed by atoms with Crippen LogP contribution in [0.15, 0.2) is 30.3 Å². The van der Waals surface area contributed by atoms with Gasteiger partial charge in [-0.15, -0.1) is 0 Å². The van der Waals surface area contributed by atoms with Gasteiger partial charge in [0.2, 0.25) is 0 Å². The van der Waals surface area contributed by atoms with Gasteiger partial charge in [-0.05, 0) is 0 Å². The highest BCUT2D eigenvalue weighted by molar-refractivity contribution is 5.97. The third-order valence-corrected chi connectivity index (χ3v) is 3.79. The Bertz CT molecular complexity index is 510. The first kappa shape index (κ1) is 18.9. The predicted octanol–water partition coefficient (Wildman–Crippen LogP) is -1.72. The van der Waals surface area contributed by atoms with E-state index in [1.54, 1.807) is 24.3 Å². The second kappa shape index (κ2) is 9.19. The molecule has 1 aromatic carbocycles. The van der Waals surface area contributed by atoms with Gasteiger partial charge in [-0.1, -0.05) is 30.3 Å². The average molecular weight is 341 g/mol. The van der Waals surface area contributed by atoms with Crippen molar-refractivity contribution in [2.24, 2.45) is 0 Å². The number of aliphatic hydroxyl groups excluding tert-OH is 4. The Balaban J connectivity index is 1.69. The first-order chi connectivity index (χ1) is 11.5. The summed E-state index contributed by atoms with van der Waals surface area (Å²) < 4.78 is 10.5. The van der Waals surface area contributed by atoms with Crippen molar-refractivity contribution in [2.75, 3.05) is 26.3 Å². The Morgan fingerprint density at radius 3 is 2.50 bits per heavy atom. The molecule has 134 valence electrons. The Kier molecular flexibility index (Phi) is 7.25. The maximum absolute atomic E-state index is 11.9. The fourth-order valence-corrected chi connectivity index (χ4v) is 2.38. The van der Waals surface area contributed by atoms with Gasteiger partial charge in [0.25, 0.3) is 0 Å². The molecule has 0 aliphatic carbocycles. The van der Waals surface area contributed by atoms with Gasteiger partial charge in [-0.3, -0.25) is 4.79 Å². The lowest BCUT2D eigenvalue weighted by Gasteiger charge is -2.39. The Hall–Kier alpha value is -1.39. The van der Waals surface area contributed by atoms with Crippen LogP contribution in [0.25, 0.3) is 0 Å². The highest BCUT2D eigenvalue weighted by atomic mass is 16.7. The molecule has 5 N–H and O–H groups in total. The monoisotopic (exact) mass is 341 g/mol. The van der Waals surface area contributed by atoms with Gasteiger partial charge in [0.1, 0.15) is 24.4 Å². The summed E-state index contributed by atoms with van der Waals surface area (Å²) in [5.74, 6) is -0.0524. The highest BCUT2D eigenvalue weighted by Crippen LogP contribution is 2.21. The number of hydrogen-bond acceptors (Lipinski definition) is 8. The van der Waals surface area contributed by atoms with Crippen LogP contribution in [-0.2, 0) is 9.47 Å². The van der Waals surface area contributed by atoms with Crippen LogP contribution in [0.3, 0.4) is 0 Å². The number of rotatable bonds is 8. The molecule has 0 bridgehead atoms. The van der Waals surface area contributed by atoms with E-state index in [2.05, 4.69) is 5.32 Å². The number of nitrogens with one attached hydrogen (secondary N) is 1. The van der Waals surface area contributed by atoms with Crippen molar-refractivity contribution in [1.82, 2.24) is 5.32 Å². The van der Waals surface area contributed by atoms with Crippen LogP contribution in [0.2, 0.25) is 0 Å². The molecule has 5 atom stereocenters. The van der Waals surface area contributed by atoms with Gasteiger partial charge >= 0.3 is 0 Å². The van der Waals surface area contributed by atoms with Gasteiger partial charge in [-0.2, -0.15) is 0 Å². The molecular weight excluding hydrogens is 318 g/mol. The van der Waals surface area contributed by atoms with Crippen molar-refractivity contribution in [3.8, 4) is 0 Å². The second-order valence-electron chi connectivity index (χ2n) is 5.53. The van der Waals surface area contributed by atoms with Crippen molar-refractivity contribution < 1.29 is 34.7 Å². The number of hydrogen-bond donors (Lipinski definition) is 5. The van der Waals surface area contributed by atoms with Gasteiger partial charge in [0, 0.05) is 12.1 Å². The van der Waals surface area contributed by atoms with E-state index in [0.29, 0.717) is 12.1 Å². The number of Topliss-reactive ketones (excluding diaryl/α,β-unsaturated/α-hetero) is 1. The lowest BCUT2D eigenvalue weighted by Crippen LogP contribution is -2.59. The van der Waals surface area contributed by atoms with Crippen LogP contribution in [0.4, 0.5) is 0 Å². The summed E-state index contributed by atoms with van der Waals surface area (Å²) in [6.07, 6.45) is -6.46. The summed E-state index contributed by atoms with van der Waals surface area (Å²) in [6, 6.07) is 8.87. The normalized spacial score (nSPS) is 30.2. The topological polar surface area (TPSA) is 128 Å². The fourth-order valence-electron chi connectivity index (χ4n) is 2.38. The molecule has 1 fully saturated rings. The van der Waals surface area contributed by atoms with Crippen molar-refractivity contribution in [3.05, 3.63) is 35.9 Å². The third kappa shape index (κ3) is 4.81. The van der Waals surface area contributed by atoms with E-state index >= 15 is 0 Å². The molecule has 0 radical (unpaired) electrons. The molecular formula is C16H23NO7. The lowest BCUT2D eigenvalue weighted by molar-refractivity contribution is -0.300. The zero-order valence-electron chi connectivity index (χ0n) is 13.1. The van der Waals surface area contributed by atoms with Crippen molar-refractivity contribution >= 4 is 5.78 Å². The summed E-state index contributed by atoms with van der Waals surface area (Å²) in [4.78, 5) is 11.9. The van der Waals surface area contributed by atoms with E-state index in [9.17, 15) is 20.1 Å². The molecule has 8 nitrogen and oxygen atoms in total. The molecule has 1 aliphatic heterocycles. The summed E-state index contributed by atoms with van der Waals surface area (Å²) in [7, 11) is 0. The number of ketones is 1. The van der Waals surface area contributed by atoms with Gasteiger partial charge in [-0.25, -0.2) is 0 Å². The summed E-state index contributed by atoms with van der Waals surface area (Å²) in [6.45, 7) is 0.0784. The van der Waals surface area contributed by atoms with Gasteiger partial charge in [0.15, 0.2) is 12.1 Å². The first-order valence-corrected chi connectivity index (χ1v) is 7.75. The van der Waals surface area contributed by atoms with E-state index in [-0.39, 0.29) is 18.9 Å². The van der Waals surface area contributed by atoms with E-state index in [4.69, 9.17) is 14.6 Å². The largest absolute Gasteiger partial charge is 0.394 e. The molecule has 0 saturated carbocycles. The predicted molar refractivity (Wildman–Crippen MR) is 83.4 cm³/mol. The van der Waals surface area contributed by atoms with Crippen molar-refractivity contribution in [3.63, 3.8) is 0 Å². The third-order valence-electron chi connectivity index (χ3n) is 3.79. The van der Waals surface area contributed by atoms with Crippen LogP contribution < -0.4 is 5.32 Å². The summed E-state index contributed by atoms with van der Waals surface area (Å²) in [5.41, 5.74) is 0.611. The molecule has 0 amide bonds. The molecule has 2 rings (SSSR count).